The molecule has 0 radical (unpaired) electrons. The zero-order valence-corrected chi connectivity index (χ0v) is 17.7. The lowest BCUT2D eigenvalue weighted by Crippen LogP contribution is -2.20. The van der Waals surface area contributed by atoms with Crippen LogP contribution in [0, 0.1) is 12.8 Å². The summed E-state index contributed by atoms with van der Waals surface area (Å²) >= 11 is 2.99. The van der Waals surface area contributed by atoms with Crippen LogP contribution < -0.4 is 10.3 Å². The molecule has 0 saturated heterocycles. The van der Waals surface area contributed by atoms with E-state index in [1.54, 1.807) is 11.3 Å². The fraction of sp³-hybridized carbons (Fsp3) is 0.429. The number of fused-ring (bicyclic) bond motifs is 3. The van der Waals surface area contributed by atoms with Crippen LogP contribution in [0.4, 0.5) is 0 Å². The zero-order valence-electron chi connectivity index (χ0n) is 16.0. The highest BCUT2D eigenvalue weighted by Crippen LogP contribution is 2.36. The summed E-state index contributed by atoms with van der Waals surface area (Å²) in [4.78, 5) is 22.3. The summed E-state index contributed by atoms with van der Waals surface area (Å²) in [5, 5.41) is 11.5. The number of aryl methyl sites for hydroxylation is 2. The third-order valence-electron chi connectivity index (χ3n) is 5.02. The van der Waals surface area contributed by atoms with Crippen molar-refractivity contribution in [3.05, 3.63) is 50.6 Å². The molecule has 0 aliphatic heterocycles. The second kappa shape index (κ2) is 8.27. The molecule has 4 rings (SSSR count). The monoisotopic (exact) mass is 416 g/mol. The predicted octanol–water partition coefficient (Wildman–Crippen LogP) is 3.95. The molecule has 0 saturated carbocycles. The van der Waals surface area contributed by atoms with Crippen LogP contribution in [-0.2, 0) is 12.8 Å². The first-order valence-corrected chi connectivity index (χ1v) is 11.3. The number of aliphatic hydroxyl groups excluding tert-OH is 1. The molecule has 1 aromatic carbocycles. The van der Waals surface area contributed by atoms with Crippen molar-refractivity contribution in [2.75, 3.05) is 12.4 Å². The molecular weight excluding hydrogens is 392 g/mol. The van der Waals surface area contributed by atoms with Gasteiger partial charge < -0.3 is 14.8 Å². The molecular formula is C21H24N2O3S2. The van der Waals surface area contributed by atoms with Crippen LogP contribution in [0.2, 0.25) is 0 Å². The van der Waals surface area contributed by atoms with E-state index in [2.05, 4.69) is 16.9 Å². The van der Waals surface area contributed by atoms with E-state index in [1.165, 1.54) is 27.8 Å². The van der Waals surface area contributed by atoms with Gasteiger partial charge in [0.25, 0.3) is 5.56 Å². The van der Waals surface area contributed by atoms with Crippen LogP contribution in [0.1, 0.15) is 29.3 Å². The Morgan fingerprint density at radius 3 is 2.96 bits per heavy atom. The molecule has 0 unspecified atom stereocenters. The number of aromatic amines is 1. The lowest BCUT2D eigenvalue weighted by atomic mass is 9.89. The van der Waals surface area contributed by atoms with Gasteiger partial charge in [0, 0.05) is 10.6 Å². The van der Waals surface area contributed by atoms with E-state index in [0.717, 1.165) is 35.2 Å². The van der Waals surface area contributed by atoms with Gasteiger partial charge in [-0.1, -0.05) is 36.4 Å². The topological polar surface area (TPSA) is 75.2 Å². The number of aromatic nitrogens is 2. The highest BCUT2D eigenvalue weighted by Gasteiger charge is 2.23. The van der Waals surface area contributed by atoms with Gasteiger partial charge in [0.2, 0.25) is 0 Å². The molecule has 1 aliphatic rings. The molecule has 2 aromatic heterocycles. The van der Waals surface area contributed by atoms with Gasteiger partial charge in [-0.05, 0) is 49.8 Å². The van der Waals surface area contributed by atoms with Crippen LogP contribution >= 0.6 is 23.1 Å². The molecule has 2 atom stereocenters. The van der Waals surface area contributed by atoms with Crippen LogP contribution in [0.5, 0.6) is 5.75 Å². The second-order valence-corrected chi connectivity index (χ2v) is 9.58. The van der Waals surface area contributed by atoms with E-state index >= 15 is 0 Å². The third-order valence-corrected chi connectivity index (χ3v) is 7.19. The van der Waals surface area contributed by atoms with E-state index in [-0.39, 0.29) is 12.2 Å². The van der Waals surface area contributed by atoms with E-state index in [4.69, 9.17) is 4.74 Å². The standard InChI is InChI=1S/C21H24N2O3S2/c1-12-3-6-15(7-4-12)26-10-14(24)11-27-21-22-19(25)18-16-8-5-13(2)9-17(16)28-20(18)23-21/h3-4,6-7,13-14,24H,5,8-11H2,1-2H3,(H,22,23,25)/t13-,14+/m0/s1. The van der Waals surface area contributed by atoms with Crippen LogP contribution in [0.25, 0.3) is 10.2 Å². The first kappa shape index (κ1) is 19.5. The van der Waals surface area contributed by atoms with E-state index < -0.39 is 6.10 Å². The normalized spacial score (nSPS) is 17.5. The summed E-state index contributed by atoms with van der Waals surface area (Å²) in [6.45, 7) is 4.48. The van der Waals surface area contributed by atoms with Crippen LogP contribution in [0.15, 0.2) is 34.2 Å². The minimum atomic E-state index is -0.648. The molecule has 3 aromatic rings. The van der Waals surface area contributed by atoms with E-state index in [9.17, 15) is 9.90 Å². The molecule has 28 heavy (non-hydrogen) atoms. The Morgan fingerprint density at radius 2 is 2.18 bits per heavy atom. The number of aliphatic hydroxyl groups is 1. The van der Waals surface area contributed by atoms with Crippen molar-refractivity contribution in [3.8, 4) is 5.75 Å². The Hall–Kier alpha value is -1.83. The lowest BCUT2D eigenvalue weighted by Gasteiger charge is -2.17. The van der Waals surface area contributed by atoms with Crippen molar-refractivity contribution in [1.82, 2.24) is 9.97 Å². The van der Waals surface area contributed by atoms with E-state index in [0.29, 0.717) is 16.8 Å². The van der Waals surface area contributed by atoms with Crippen molar-refractivity contribution in [1.29, 1.82) is 0 Å². The first-order chi connectivity index (χ1) is 13.5. The summed E-state index contributed by atoms with van der Waals surface area (Å²) in [5.41, 5.74) is 2.29. The van der Waals surface area contributed by atoms with Gasteiger partial charge in [-0.25, -0.2) is 4.98 Å². The van der Waals surface area contributed by atoms with Gasteiger partial charge >= 0.3 is 0 Å². The highest BCUT2D eigenvalue weighted by atomic mass is 32.2. The van der Waals surface area contributed by atoms with Gasteiger partial charge in [0.05, 0.1) is 11.5 Å². The fourth-order valence-electron chi connectivity index (χ4n) is 3.45. The van der Waals surface area contributed by atoms with Crippen molar-refractivity contribution < 1.29 is 9.84 Å². The third kappa shape index (κ3) is 4.26. The predicted molar refractivity (Wildman–Crippen MR) is 115 cm³/mol. The number of ether oxygens (including phenoxy) is 1. The highest BCUT2D eigenvalue weighted by molar-refractivity contribution is 7.99. The molecule has 5 nitrogen and oxygen atoms in total. The Bertz CT molecular complexity index is 1030. The lowest BCUT2D eigenvalue weighted by molar-refractivity contribution is 0.126. The SMILES string of the molecule is Cc1ccc(OC[C@@H](O)CSc2nc3sc4c(c3c(=O)[nH]2)CC[C@H](C)C4)cc1. The minimum absolute atomic E-state index is 0.0649. The Labute approximate surface area is 172 Å². The van der Waals surface area contributed by atoms with Gasteiger partial charge in [0.15, 0.2) is 5.16 Å². The number of thioether (sulfide) groups is 1. The molecule has 0 amide bonds. The maximum atomic E-state index is 12.6. The minimum Gasteiger partial charge on any atom is -0.491 e. The second-order valence-electron chi connectivity index (χ2n) is 7.49. The molecule has 148 valence electrons. The first-order valence-electron chi connectivity index (χ1n) is 9.54. The molecule has 0 fully saturated rings. The average Bonchev–Trinajstić information content (AvgIpc) is 3.03. The maximum absolute atomic E-state index is 12.6. The number of hydrogen-bond acceptors (Lipinski definition) is 6. The Morgan fingerprint density at radius 1 is 1.39 bits per heavy atom. The largest absolute Gasteiger partial charge is 0.491 e. The summed E-state index contributed by atoms with van der Waals surface area (Å²) in [6, 6.07) is 7.73. The summed E-state index contributed by atoms with van der Waals surface area (Å²) in [7, 11) is 0. The Kier molecular flexibility index (Phi) is 5.75. The number of hydrogen-bond donors (Lipinski definition) is 2. The molecule has 2 N–H and O–H groups in total. The molecule has 0 bridgehead atoms. The van der Waals surface area contributed by atoms with Crippen LogP contribution in [-0.4, -0.2) is 33.5 Å². The Balaban J connectivity index is 1.40. The van der Waals surface area contributed by atoms with Crippen molar-refractivity contribution in [3.63, 3.8) is 0 Å². The summed E-state index contributed by atoms with van der Waals surface area (Å²) in [5.74, 6) is 1.81. The molecule has 2 heterocycles. The fourth-order valence-corrected chi connectivity index (χ4v) is 5.66. The number of thiophene rings is 1. The number of benzene rings is 1. The average molecular weight is 417 g/mol. The van der Waals surface area contributed by atoms with Gasteiger partial charge in [-0.2, -0.15) is 0 Å². The van der Waals surface area contributed by atoms with Crippen molar-refractivity contribution in [2.24, 2.45) is 5.92 Å². The zero-order chi connectivity index (χ0) is 19.7. The molecule has 7 heteroatoms. The van der Waals surface area contributed by atoms with Gasteiger partial charge in [-0.3, -0.25) is 4.79 Å². The van der Waals surface area contributed by atoms with Crippen LogP contribution in [0.3, 0.4) is 0 Å². The number of nitrogens with zero attached hydrogens (tertiary/aromatic N) is 1. The summed E-state index contributed by atoms with van der Waals surface area (Å²) in [6.07, 6.45) is 2.47. The van der Waals surface area contributed by atoms with Crippen molar-refractivity contribution >= 4 is 33.3 Å². The van der Waals surface area contributed by atoms with Crippen molar-refractivity contribution in [2.45, 2.75) is 44.4 Å². The van der Waals surface area contributed by atoms with E-state index in [1.807, 2.05) is 31.2 Å². The summed E-state index contributed by atoms with van der Waals surface area (Å²) < 4.78 is 5.62. The molecule has 0 spiro atoms. The number of H-pyrrole nitrogens is 1. The smallest absolute Gasteiger partial charge is 0.260 e. The quantitative estimate of drug-likeness (QED) is 0.470. The number of rotatable bonds is 6. The number of nitrogens with one attached hydrogen (secondary N) is 1. The molecule has 1 aliphatic carbocycles. The maximum Gasteiger partial charge on any atom is 0.260 e. The van der Waals surface area contributed by atoms with Gasteiger partial charge in [0.1, 0.15) is 17.2 Å². The van der Waals surface area contributed by atoms with Gasteiger partial charge in [-0.15, -0.1) is 11.3 Å².